The van der Waals surface area contributed by atoms with Crippen LogP contribution in [0, 0.1) is 5.21 Å². The van der Waals surface area contributed by atoms with Crippen LogP contribution in [0.1, 0.15) is 35.9 Å². The minimum atomic E-state index is -0.480. The minimum absolute atomic E-state index is 0. The van der Waals surface area contributed by atoms with E-state index in [-0.39, 0.29) is 34.7 Å². The molecule has 2 rings (SSSR count). The highest BCUT2D eigenvalue weighted by molar-refractivity contribution is 8.13. The lowest BCUT2D eigenvalue weighted by Gasteiger charge is -2.11. The van der Waals surface area contributed by atoms with Gasteiger partial charge in [0.15, 0.2) is 5.17 Å². The van der Waals surface area contributed by atoms with Gasteiger partial charge in [-0.15, -0.1) is 12.4 Å². The molecule has 0 fully saturated rings. The fraction of sp³-hybridized carbons (Fsp3) is 0.333. The van der Waals surface area contributed by atoms with Crippen LogP contribution in [0.5, 0.6) is 0 Å². The van der Waals surface area contributed by atoms with Gasteiger partial charge in [0.2, 0.25) is 5.52 Å². The number of rotatable bonds is 6. The lowest BCUT2D eigenvalue weighted by atomic mass is 10.2. The van der Waals surface area contributed by atoms with Crippen molar-refractivity contribution in [2.75, 3.05) is 6.54 Å². The number of hydrogen-bond donors (Lipinski definition) is 3. The second-order valence-corrected chi connectivity index (χ2v) is 6.02. The van der Waals surface area contributed by atoms with Crippen LogP contribution >= 0.6 is 24.2 Å². The molecule has 1 amide bonds. The van der Waals surface area contributed by atoms with Crippen molar-refractivity contribution in [1.29, 1.82) is 0 Å². The van der Waals surface area contributed by atoms with Gasteiger partial charge in [-0.05, 0) is 12.5 Å². The number of oxime groups is 1. The number of fused-ring (bicyclic) bond motifs is 1. The highest BCUT2D eigenvalue weighted by atomic mass is 35.5. The van der Waals surface area contributed by atoms with Gasteiger partial charge in [-0.3, -0.25) is 4.79 Å². The molecule has 25 heavy (non-hydrogen) atoms. The summed E-state index contributed by atoms with van der Waals surface area (Å²) < 4.78 is 0.589. The Labute approximate surface area is 155 Å². The van der Waals surface area contributed by atoms with E-state index in [1.165, 1.54) is 0 Å². The second-order valence-electron chi connectivity index (χ2n) is 5.03. The third-order valence-electron chi connectivity index (χ3n) is 3.32. The lowest BCUT2D eigenvalue weighted by Crippen LogP contribution is -2.42. The van der Waals surface area contributed by atoms with Gasteiger partial charge in [-0.2, -0.15) is 4.73 Å². The van der Waals surface area contributed by atoms with Crippen LogP contribution in [0.4, 0.5) is 0 Å². The Bertz CT molecular complexity index is 772. The number of hydrogen-bond acceptors (Lipinski definition) is 6. The third kappa shape index (κ3) is 5.10. The third-order valence-corrected chi connectivity index (χ3v) is 4.11. The number of nitrogens with zero attached hydrogens (tertiary/aromatic N) is 3. The molecule has 0 aliphatic heterocycles. The fourth-order valence-corrected chi connectivity index (χ4v) is 2.67. The summed E-state index contributed by atoms with van der Waals surface area (Å²) >= 11 is 0.990. The van der Waals surface area contributed by atoms with E-state index < -0.39 is 5.91 Å². The Morgan fingerprint density at radius 3 is 2.88 bits per heavy atom. The summed E-state index contributed by atoms with van der Waals surface area (Å²) in [5, 5.41) is 26.8. The SMILES string of the molecule is CCCCNC(=O)c1c(CS/C(N)=N/O)nc2ccccc2[n+]1[O-].Cl. The van der Waals surface area contributed by atoms with E-state index in [0.29, 0.717) is 22.3 Å². The molecule has 1 heterocycles. The van der Waals surface area contributed by atoms with Gasteiger partial charge in [0, 0.05) is 12.6 Å². The molecule has 136 valence electrons. The zero-order valence-corrected chi connectivity index (χ0v) is 15.3. The first-order chi connectivity index (χ1) is 11.6. The molecule has 1 aromatic heterocycles. The van der Waals surface area contributed by atoms with Crippen LogP contribution < -0.4 is 15.8 Å². The number of para-hydroxylation sites is 2. The predicted molar refractivity (Wildman–Crippen MR) is 99.9 cm³/mol. The molecule has 1 aromatic carbocycles. The summed E-state index contributed by atoms with van der Waals surface area (Å²) in [6.07, 6.45) is 1.75. The maximum absolute atomic E-state index is 12.6. The Morgan fingerprint density at radius 2 is 2.20 bits per heavy atom. The standard InChI is InChI=1S/C15H19N5O3S.ClH/c1-2-3-8-17-14(21)13-11(9-24-15(16)19-22)18-10-6-4-5-7-12(10)20(13)23;/h4-7,22H,2-3,8-9H2,1H3,(H2,16,19)(H,17,21);1H. The average Bonchev–Trinajstić information content (AvgIpc) is 2.59. The van der Waals surface area contributed by atoms with Crippen molar-refractivity contribution in [3.63, 3.8) is 0 Å². The van der Waals surface area contributed by atoms with Crippen molar-refractivity contribution in [2.24, 2.45) is 10.9 Å². The van der Waals surface area contributed by atoms with Gasteiger partial charge in [0.25, 0.3) is 0 Å². The fourth-order valence-electron chi connectivity index (χ4n) is 2.12. The van der Waals surface area contributed by atoms with Crippen LogP contribution in [0.2, 0.25) is 0 Å². The number of aromatic nitrogens is 2. The zero-order chi connectivity index (χ0) is 17.5. The Hall–Kier alpha value is -2.26. The lowest BCUT2D eigenvalue weighted by molar-refractivity contribution is -0.580. The topological polar surface area (TPSA) is 128 Å². The van der Waals surface area contributed by atoms with Crippen LogP contribution in [0.25, 0.3) is 11.0 Å². The molecule has 0 radical (unpaired) electrons. The first-order valence-electron chi connectivity index (χ1n) is 7.48. The number of unbranched alkanes of at least 4 members (excludes halogenated alkanes) is 1. The maximum atomic E-state index is 12.6. The van der Waals surface area contributed by atoms with Gasteiger partial charge in [0.1, 0.15) is 11.2 Å². The smallest absolute Gasteiger partial charge is 0.319 e. The van der Waals surface area contributed by atoms with Crippen molar-refractivity contribution in [2.45, 2.75) is 25.5 Å². The molecule has 0 atom stereocenters. The molecule has 0 spiro atoms. The number of carbonyl (C=O) groups is 1. The van der Waals surface area contributed by atoms with Crippen LogP contribution in [0.3, 0.4) is 0 Å². The first-order valence-corrected chi connectivity index (χ1v) is 8.46. The largest absolute Gasteiger partial charge is 0.618 e. The van der Waals surface area contributed by atoms with Gasteiger partial charge in [-0.25, -0.2) is 4.98 Å². The Morgan fingerprint density at radius 1 is 1.48 bits per heavy atom. The molecule has 8 nitrogen and oxygen atoms in total. The Kier molecular flexibility index (Phi) is 8.23. The zero-order valence-electron chi connectivity index (χ0n) is 13.6. The van der Waals surface area contributed by atoms with E-state index in [1.807, 2.05) is 6.92 Å². The molecule has 10 heteroatoms. The number of nitrogens with two attached hydrogens (primary N) is 1. The highest BCUT2D eigenvalue weighted by Gasteiger charge is 2.26. The Balaban J connectivity index is 0.00000312. The first kappa shape index (κ1) is 20.8. The number of carbonyl (C=O) groups excluding carboxylic acids is 1. The summed E-state index contributed by atoms with van der Waals surface area (Å²) in [6, 6.07) is 6.78. The average molecular weight is 386 g/mol. The summed E-state index contributed by atoms with van der Waals surface area (Å²) in [6.45, 7) is 2.49. The highest BCUT2D eigenvalue weighted by Crippen LogP contribution is 2.16. The predicted octanol–water partition coefficient (Wildman–Crippen LogP) is 1.76. The maximum Gasteiger partial charge on any atom is 0.319 e. The molecule has 0 saturated carbocycles. The number of amides is 1. The number of nitrogens with one attached hydrogen (secondary N) is 1. The van der Waals surface area contributed by atoms with Crippen molar-refractivity contribution in [3.8, 4) is 0 Å². The van der Waals surface area contributed by atoms with E-state index >= 15 is 0 Å². The minimum Gasteiger partial charge on any atom is -0.618 e. The van der Waals surface area contributed by atoms with Gasteiger partial charge >= 0.3 is 11.6 Å². The van der Waals surface area contributed by atoms with Crippen molar-refractivity contribution in [3.05, 3.63) is 40.9 Å². The normalized spacial score (nSPS) is 11.2. The van der Waals surface area contributed by atoms with Gasteiger partial charge < -0.3 is 21.5 Å². The van der Waals surface area contributed by atoms with Gasteiger partial charge in [0.05, 0.1) is 5.75 Å². The summed E-state index contributed by atoms with van der Waals surface area (Å²) in [5.41, 5.74) is 6.46. The molecule has 0 unspecified atom stereocenters. The van der Waals surface area contributed by atoms with E-state index in [2.05, 4.69) is 15.5 Å². The quantitative estimate of drug-likeness (QED) is 0.132. The van der Waals surface area contributed by atoms with Crippen LogP contribution in [-0.4, -0.2) is 27.8 Å². The van der Waals surface area contributed by atoms with E-state index in [4.69, 9.17) is 10.9 Å². The summed E-state index contributed by atoms with van der Waals surface area (Å²) in [4.78, 5) is 16.8. The van der Waals surface area contributed by atoms with Crippen molar-refractivity contribution < 1.29 is 14.7 Å². The molecular formula is C15H20ClN5O3S. The molecule has 0 saturated heterocycles. The van der Waals surface area contributed by atoms with E-state index in [0.717, 1.165) is 24.6 Å². The number of thioether (sulfide) groups is 1. The summed E-state index contributed by atoms with van der Waals surface area (Å²) in [5.74, 6) is -0.341. The number of benzene rings is 1. The molecule has 0 aliphatic rings. The monoisotopic (exact) mass is 385 g/mol. The molecule has 0 aliphatic carbocycles. The molecule has 4 N–H and O–H groups in total. The second kappa shape index (κ2) is 9.90. The van der Waals surface area contributed by atoms with Gasteiger partial charge in [-0.1, -0.05) is 42.4 Å². The van der Waals surface area contributed by atoms with Crippen LogP contribution in [0.15, 0.2) is 29.4 Å². The number of halogens is 1. The van der Waals surface area contributed by atoms with Crippen molar-refractivity contribution in [1.82, 2.24) is 10.3 Å². The van der Waals surface area contributed by atoms with E-state index in [9.17, 15) is 10.0 Å². The molecule has 2 aromatic rings. The van der Waals surface area contributed by atoms with Crippen molar-refractivity contribution >= 4 is 46.3 Å². The molecular weight excluding hydrogens is 366 g/mol. The van der Waals surface area contributed by atoms with E-state index in [1.54, 1.807) is 24.3 Å². The molecule has 0 bridgehead atoms. The summed E-state index contributed by atoms with van der Waals surface area (Å²) in [7, 11) is 0. The number of amidine groups is 1. The van der Waals surface area contributed by atoms with Crippen LogP contribution in [-0.2, 0) is 5.75 Å².